The van der Waals surface area contributed by atoms with Gasteiger partial charge in [0, 0.05) is 5.56 Å². The molecule has 2 aromatic carbocycles. The smallest absolute Gasteiger partial charge is 0.172 e. The number of carbonyl (C=O) groups is 1. The summed E-state index contributed by atoms with van der Waals surface area (Å²) in [6.07, 6.45) is 0.763. The topological polar surface area (TPSA) is 47.8 Å². The molecular formula is C18H17N3O. The average Bonchev–Trinajstić information content (AvgIpc) is 2.92. The predicted molar refractivity (Wildman–Crippen MR) is 85.9 cm³/mol. The minimum atomic E-state index is 0.374. The summed E-state index contributed by atoms with van der Waals surface area (Å²) in [7, 11) is 0. The van der Waals surface area contributed by atoms with Crippen LogP contribution in [0.4, 0.5) is 0 Å². The highest BCUT2D eigenvalue weighted by molar-refractivity contribution is 5.83. The van der Waals surface area contributed by atoms with Gasteiger partial charge in [0.25, 0.3) is 0 Å². The van der Waals surface area contributed by atoms with Crippen LogP contribution < -0.4 is 0 Å². The lowest BCUT2D eigenvalue weighted by molar-refractivity contribution is 0.111. The molecule has 0 unspecified atom stereocenters. The van der Waals surface area contributed by atoms with Gasteiger partial charge in [-0.2, -0.15) is 0 Å². The summed E-state index contributed by atoms with van der Waals surface area (Å²) < 4.78 is 1.79. The third-order valence-electron chi connectivity index (χ3n) is 3.75. The Morgan fingerprint density at radius 2 is 1.91 bits per heavy atom. The monoisotopic (exact) mass is 291 g/mol. The van der Waals surface area contributed by atoms with Gasteiger partial charge in [-0.05, 0) is 31.0 Å². The molecule has 0 atom stereocenters. The highest BCUT2D eigenvalue weighted by atomic mass is 16.1. The number of hydrogen-bond acceptors (Lipinski definition) is 3. The van der Waals surface area contributed by atoms with E-state index in [2.05, 4.69) is 29.4 Å². The molecule has 1 heterocycles. The van der Waals surface area contributed by atoms with Gasteiger partial charge in [0.15, 0.2) is 12.0 Å². The molecule has 0 saturated heterocycles. The Bertz CT molecular complexity index is 821. The number of aldehydes is 1. The highest BCUT2D eigenvalue weighted by Crippen LogP contribution is 2.23. The van der Waals surface area contributed by atoms with Crippen LogP contribution in [0.15, 0.2) is 48.5 Å². The van der Waals surface area contributed by atoms with E-state index in [9.17, 15) is 4.79 Å². The van der Waals surface area contributed by atoms with Gasteiger partial charge in [-0.1, -0.05) is 53.2 Å². The average molecular weight is 291 g/mol. The Hall–Kier alpha value is -2.75. The summed E-state index contributed by atoms with van der Waals surface area (Å²) in [6, 6.07) is 16.2. The van der Waals surface area contributed by atoms with Crippen molar-refractivity contribution in [3.63, 3.8) is 0 Å². The van der Waals surface area contributed by atoms with Gasteiger partial charge >= 0.3 is 0 Å². The fourth-order valence-electron chi connectivity index (χ4n) is 2.55. The third kappa shape index (κ3) is 2.68. The zero-order chi connectivity index (χ0) is 15.5. The molecule has 0 radical (unpaired) electrons. The molecule has 0 spiro atoms. The first kappa shape index (κ1) is 14.2. The van der Waals surface area contributed by atoms with Crippen LogP contribution in [0.25, 0.3) is 11.3 Å². The Morgan fingerprint density at radius 3 is 2.64 bits per heavy atom. The van der Waals surface area contributed by atoms with E-state index in [-0.39, 0.29) is 0 Å². The molecule has 110 valence electrons. The molecular weight excluding hydrogens is 274 g/mol. The number of rotatable bonds is 4. The molecule has 4 heteroatoms. The first-order chi connectivity index (χ1) is 10.7. The van der Waals surface area contributed by atoms with Gasteiger partial charge < -0.3 is 0 Å². The lowest BCUT2D eigenvalue weighted by Gasteiger charge is -2.10. The summed E-state index contributed by atoms with van der Waals surface area (Å²) in [5.41, 5.74) is 5.60. The van der Waals surface area contributed by atoms with Crippen LogP contribution in [0.3, 0.4) is 0 Å². The summed E-state index contributed by atoms with van der Waals surface area (Å²) in [4.78, 5) is 11.3. The van der Waals surface area contributed by atoms with Crippen LogP contribution in [0.1, 0.15) is 27.2 Å². The van der Waals surface area contributed by atoms with Crippen molar-refractivity contribution in [3.05, 3.63) is 70.9 Å². The minimum absolute atomic E-state index is 0.374. The summed E-state index contributed by atoms with van der Waals surface area (Å²) in [5, 5.41) is 8.18. The molecule has 0 amide bonds. The van der Waals surface area contributed by atoms with Gasteiger partial charge in [-0.15, -0.1) is 5.10 Å². The van der Waals surface area contributed by atoms with Gasteiger partial charge in [0.2, 0.25) is 0 Å². The molecule has 0 aliphatic carbocycles. The first-order valence-electron chi connectivity index (χ1n) is 7.19. The molecule has 0 N–H and O–H groups in total. The molecule has 3 rings (SSSR count). The van der Waals surface area contributed by atoms with E-state index in [1.165, 1.54) is 11.1 Å². The van der Waals surface area contributed by atoms with E-state index in [0.717, 1.165) is 23.1 Å². The zero-order valence-corrected chi connectivity index (χ0v) is 12.7. The Labute approximate surface area is 129 Å². The molecule has 4 nitrogen and oxygen atoms in total. The molecule has 0 bridgehead atoms. The SMILES string of the molecule is Cc1cccc(-c2c(C=O)nnn2Cc2ccccc2C)c1. The van der Waals surface area contributed by atoms with Crippen molar-refractivity contribution in [2.24, 2.45) is 0 Å². The van der Waals surface area contributed by atoms with Crippen molar-refractivity contribution in [2.75, 3.05) is 0 Å². The van der Waals surface area contributed by atoms with Crippen LogP contribution in [0.5, 0.6) is 0 Å². The van der Waals surface area contributed by atoms with E-state index in [1.54, 1.807) is 4.68 Å². The van der Waals surface area contributed by atoms with E-state index in [0.29, 0.717) is 12.2 Å². The number of aryl methyl sites for hydroxylation is 2. The normalized spacial score (nSPS) is 10.6. The number of hydrogen-bond donors (Lipinski definition) is 0. The second kappa shape index (κ2) is 5.93. The van der Waals surface area contributed by atoms with Crippen LogP contribution in [0.2, 0.25) is 0 Å². The quantitative estimate of drug-likeness (QED) is 0.692. The summed E-state index contributed by atoms with van der Waals surface area (Å²) >= 11 is 0. The molecule has 22 heavy (non-hydrogen) atoms. The van der Waals surface area contributed by atoms with Gasteiger partial charge in [0.05, 0.1) is 12.2 Å². The fourth-order valence-corrected chi connectivity index (χ4v) is 2.55. The standard InChI is InChI=1S/C18H17N3O/c1-13-6-5-9-15(10-13)18-17(12-22)19-20-21(18)11-16-8-4-3-7-14(16)2/h3-10,12H,11H2,1-2H3. The zero-order valence-electron chi connectivity index (χ0n) is 12.7. The second-order valence-corrected chi connectivity index (χ2v) is 5.39. The van der Waals surface area contributed by atoms with E-state index in [1.807, 2.05) is 43.3 Å². The number of carbonyl (C=O) groups excluding carboxylic acids is 1. The van der Waals surface area contributed by atoms with E-state index < -0.39 is 0 Å². The molecule has 0 saturated carbocycles. The van der Waals surface area contributed by atoms with Crippen molar-refractivity contribution in [3.8, 4) is 11.3 Å². The van der Waals surface area contributed by atoms with Crippen molar-refractivity contribution < 1.29 is 4.79 Å². The Balaban J connectivity index is 2.08. The second-order valence-electron chi connectivity index (χ2n) is 5.39. The maximum atomic E-state index is 11.3. The third-order valence-corrected chi connectivity index (χ3v) is 3.75. The summed E-state index contributed by atoms with van der Waals surface area (Å²) in [5.74, 6) is 0. The number of nitrogens with zero attached hydrogens (tertiary/aromatic N) is 3. The lowest BCUT2D eigenvalue weighted by Crippen LogP contribution is -2.06. The van der Waals surface area contributed by atoms with Gasteiger partial charge in [-0.3, -0.25) is 4.79 Å². The van der Waals surface area contributed by atoms with Crippen LogP contribution in [-0.4, -0.2) is 21.3 Å². The largest absolute Gasteiger partial charge is 0.296 e. The van der Waals surface area contributed by atoms with Crippen molar-refractivity contribution in [1.82, 2.24) is 15.0 Å². The van der Waals surface area contributed by atoms with Gasteiger partial charge in [-0.25, -0.2) is 4.68 Å². The number of benzene rings is 2. The van der Waals surface area contributed by atoms with Crippen LogP contribution in [0, 0.1) is 13.8 Å². The Morgan fingerprint density at radius 1 is 1.09 bits per heavy atom. The van der Waals surface area contributed by atoms with Crippen LogP contribution in [-0.2, 0) is 6.54 Å². The maximum absolute atomic E-state index is 11.3. The lowest BCUT2D eigenvalue weighted by atomic mass is 10.1. The van der Waals surface area contributed by atoms with E-state index in [4.69, 9.17) is 0 Å². The Kier molecular flexibility index (Phi) is 3.83. The van der Waals surface area contributed by atoms with Crippen LogP contribution >= 0.6 is 0 Å². The van der Waals surface area contributed by atoms with Crippen molar-refractivity contribution in [1.29, 1.82) is 0 Å². The molecule has 0 fully saturated rings. The maximum Gasteiger partial charge on any atom is 0.172 e. The molecule has 0 aliphatic heterocycles. The van der Waals surface area contributed by atoms with Crippen molar-refractivity contribution >= 4 is 6.29 Å². The first-order valence-corrected chi connectivity index (χ1v) is 7.19. The fraction of sp³-hybridized carbons (Fsp3) is 0.167. The predicted octanol–water partition coefficient (Wildman–Crippen LogP) is 3.42. The highest BCUT2D eigenvalue weighted by Gasteiger charge is 2.15. The van der Waals surface area contributed by atoms with Gasteiger partial charge in [0.1, 0.15) is 0 Å². The number of aromatic nitrogens is 3. The molecule has 1 aromatic heterocycles. The minimum Gasteiger partial charge on any atom is -0.296 e. The summed E-state index contributed by atoms with van der Waals surface area (Å²) in [6.45, 7) is 4.69. The van der Waals surface area contributed by atoms with E-state index >= 15 is 0 Å². The van der Waals surface area contributed by atoms with Crippen molar-refractivity contribution in [2.45, 2.75) is 20.4 Å². The molecule has 0 aliphatic rings. The molecule has 3 aromatic rings.